The summed E-state index contributed by atoms with van der Waals surface area (Å²) in [5.74, 6) is -0.276. The molecular formula is C29H34N4O3. The fourth-order valence-electron chi connectivity index (χ4n) is 3.62. The first kappa shape index (κ1) is 26.5. The van der Waals surface area contributed by atoms with E-state index in [0.717, 1.165) is 30.5 Å². The van der Waals surface area contributed by atoms with Crippen molar-refractivity contribution < 1.29 is 14.4 Å². The molecule has 0 aromatic heterocycles. The molecule has 3 amide bonds. The Bertz CT molecular complexity index is 1130. The van der Waals surface area contributed by atoms with Crippen LogP contribution < -0.4 is 21.3 Å². The van der Waals surface area contributed by atoms with Crippen LogP contribution in [-0.4, -0.2) is 24.3 Å². The van der Waals surface area contributed by atoms with Gasteiger partial charge in [-0.3, -0.25) is 14.4 Å². The molecule has 36 heavy (non-hydrogen) atoms. The Morgan fingerprint density at radius 2 is 1.22 bits per heavy atom. The number of hydrogen-bond acceptors (Lipinski definition) is 4. The minimum Gasteiger partial charge on any atom is -0.376 e. The lowest BCUT2D eigenvalue weighted by atomic mass is 10.1. The molecule has 0 aliphatic rings. The monoisotopic (exact) mass is 486 g/mol. The molecule has 0 saturated heterocycles. The lowest BCUT2D eigenvalue weighted by Crippen LogP contribution is -2.22. The zero-order valence-corrected chi connectivity index (χ0v) is 20.7. The lowest BCUT2D eigenvalue weighted by Gasteiger charge is -2.11. The number of amides is 3. The number of aryl methyl sites for hydroxylation is 1. The van der Waals surface area contributed by atoms with Gasteiger partial charge in [-0.15, -0.1) is 0 Å². The van der Waals surface area contributed by atoms with E-state index < -0.39 is 0 Å². The molecule has 0 radical (unpaired) electrons. The summed E-state index contributed by atoms with van der Waals surface area (Å²) in [5.41, 5.74) is 3.87. The van der Waals surface area contributed by atoms with Crippen LogP contribution in [-0.2, 0) is 20.8 Å². The standard InChI is InChI=1S/C29H34N4O3/c1-2-3-5-13-27(34)32-25-11-8-12-26(20-25)33-29(36)21-30-23-15-17-24(18-16-23)31-28(35)19-14-22-9-6-4-7-10-22/h4,6-12,15-18,20,30H,2-3,5,13-14,19,21H2,1H3,(H,31,35)(H,32,34)(H,33,36). The average molecular weight is 487 g/mol. The Labute approximate surface area is 212 Å². The van der Waals surface area contributed by atoms with Crippen molar-refractivity contribution in [3.8, 4) is 0 Å². The molecule has 4 N–H and O–H groups in total. The first-order chi connectivity index (χ1) is 17.5. The molecule has 7 heteroatoms. The predicted molar refractivity (Wildman–Crippen MR) is 146 cm³/mol. The molecular weight excluding hydrogens is 452 g/mol. The summed E-state index contributed by atoms with van der Waals surface area (Å²) >= 11 is 0. The third kappa shape index (κ3) is 9.62. The molecule has 0 saturated carbocycles. The maximum absolute atomic E-state index is 12.4. The molecule has 7 nitrogen and oxygen atoms in total. The van der Waals surface area contributed by atoms with Gasteiger partial charge in [0, 0.05) is 35.6 Å². The Balaban J connectivity index is 1.40. The molecule has 0 fully saturated rings. The molecule has 3 aromatic rings. The van der Waals surface area contributed by atoms with E-state index in [4.69, 9.17) is 0 Å². The van der Waals surface area contributed by atoms with E-state index in [0.29, 0.717) is 36.3 Å². The van der Waals surface area contributed by atoms with Crippen LogP contribution in [0.25, 0.3) is 0 Å². The van der Waals surface area contributed by atoms with Gasteiger partial charge >= 0.3 is 0 Å². The summed E-state index contributed by atoms with van der Waals surface area (Å²) < 4.78 is 0. The minimum atomic E-state index is -0.209. The largest absolute Gasteiger partial charge is 0.376 e. The number of hydrogen-bond donors (Lipinski definition) is 4. The van der Waals surface area contributed by atoms with Crippen molar-refractivity contribution in [1.29, 1.82) is 0 Å². The SMILES string of the molecule is CCCCCC(=O)Nc1cccc(NC(=O)CNc2ccc(NC(=O)CCc3ccccc3)cc2)c1. The van der Waals surface area contributed by atoms with Crippen molar-refractivity contribution in [2.75, 3.05) is 27.8 Å². The Morgan fingerprint density at radius 1 is 0.611 bits per heavy atom. The summed E-state index contributed by atoms with van der Waals surface area (Å²) in [7, 11) is 0. The Kier molecular flexibility index (Phi) is 10.5. The van der Waals surface area contributed by atoms with Gasteiger partial charge in [0.15, 0.2) is 0 Å². The summed E-state index contributed by atoms with van der Waals surface area (Å²) in [6, 6.07) is 24.2. The molecule has 3 aromatic carbocycles. The number of nitrogens with one attached hydrogen (secondary N) is 4. The van der Waals surface area contributed by atoms with Gasteiger partial charge in [-0.2, -0.15) is 0 Å². The lowest BCUT2D eigenvalue weighted by molar-refractivity contribution is -0.117. The van der Waals surface area contributed by atoms with Crippen LogP contribution in [0.2, 0.25) is 0 Å². The van der Waals surface area contributed by atoms with E-state index in [1.807, 2.05) is 42.5 Å². The van der Waals surface area contributed by atoms with Crippen LogP contribution in [0.5, 0.6) is 0 Å². The van der Waals surface area contributed by atoms with Crippen LogP contribution in [0.4, 0.5) is 22.7 Å². The highest BCUT2D eigenvalue weighted by Gasteiger charge is 2.07. The summed E-state index contributed by atoms with van der Waals surface area (Å²) in [6.07, 6.45) is 4.56. The second-order valence-corrected chi connectivity index (χ2v) is 8.60. The fraction of sp³-hybridized carbons (Fsp3) is 0.276. The molecule has 0 unspecified atom stereocenters. The third-order valence-electron chi connectivity index (χ3n) is 5.54. The van der Waals surface area contributed by atoms with Crippen LogP contribution in [0, 0.1) is 0 Å². The van der Waals surface area contributed by atoms with Crippen molar-refractivity contribution in [1.82, 2.24) is 0 Å². The highest BCUT2D eigenvalue weighted by molar-refractivity contribution is 5.96. The maximum atomic E-state index is 12.4. The Hall–Kier alpha value is -4.13. The number of benzene rings is 3. The summed E-state index contributed by atoms with van der Waals surface area (Å²) in [5, 5.41) is 11.7. The van der Waals surface area contributed by atoms with E-state index in [9.17, 15) is 14.4 Å². The van der Waals surface area contributed by atoms with E-state index in [1.54, 1.807) is 36.4 Å². The van der Waals surface area contributed by atoms with Gasteiger partial charge in [-0.1, -0.05) is 56.2 Å². The minimum absolute atomic E-state index is 0.0237. The number of rotatable bonds is 13. The fourth-order valence-corrected chi connectivity index (χ4v) is 3.62. The van der Waals surface area contributed by atoms with Crippen molar-refractivity contribution in [3.63, 3.8) is 0 Å². The number of unbranched alkanes of at least 4 members (excludes halogenated alkanes) is 2. The first-order valence-electron chi connectivity index (χ1n) is 12.4. The van der Waals surface area contributed by atoms with Crippen LogP contribution in [0.1, 0.15) is 44.6 Å². The van der Waals surface area contributed by atoms with Gasteiger partial charge in [-0.05, 0) is 60.9 Å². The summed E-state index contributed by atoms with van der Waals surface area (Å²) in [6.45, 7) is 2.18. The van der Waals surface area contributed by atoms with Gasteiger partial charge in [0.05, 0.1) is 6.54 Å². The smallest absolute Gasteiger partial charge is 0.243 e. The van der Waals surface area contributed by atoms with Crippen LogP contribution in [0.15, 0.2) is 78.9 Å². The molecule has 0 heterocycles. The normalized spacial score (nSPS) is 10.4. The first-order valence-corrected chi connectivity index (χ1v) is 12.4. The molecule has 188 valence electrons. The van der Waals surface area contributed by atoms with Gasteiger partial charge in [-0.25, -0.2) is 0 Å². The van der Waals surface area contributed by atoms with Gasteiger partial charge in [0.25, 0.3) is 0 Å². The number of carbonyl (C=O) groups is 3. The molecule has 0 spiro atoms. The van der Waals surface area contributed by atoms with Crippen molar-refractivity contribution in [2.45, 2.75) is 45.4 Å². The van der Waals surface area contributed by atoms with Gasteiger partial charge < -0.3 is 21.3 Å². The highest BCUT2D eigenvalue weighted by atomic mass is 16.2. The van der Waals surface area contributed by atoms with Gasteiger partial charge in [0.1, 0.15) is 0 Å². The van der Waals surface area contributed by atoms with Crippen molar-refractivity contribution >= 4 is 40.5 Å². The van der Waals surface area contributed by atoms with E-state index >= 15 is 0 Å². The topological polar surface area (TPSA) is 99.3 Å². The van der Waals surface area contributed by atoms with Crippen LogP contribution in [0.3, 0.4) is 0 Å². The van der Waals surface area contributed by atoms with Crippen LogP contribution >= 0.6 is 0 Å². The summed E-state index contributed by atoms with van der Waals surface area (Å²) in [4.78, 5) is 36.6. The van der Waals surface area contributed by atoms with E-state index in [-0.39, 0.29) is 24.3 Å². The zero-order valence-electron chi connectivity index (χ0n) is 20.7. The van der Waals surface area contributed by atoms with E-state index in [2.05, 4.69) is 28.2 Å². The Morgan fingerprint density at radius 3 is 1.92 bits per heavy atom. The van der Waals surface area contributed by atoms with Crippen molar-refractivity contribution in [2.24, 2.45) is 0 Å². The van der Waals surface area contributed by atoms with Gasteiger partial charge in [0.2, 0.25) is 17.7 Å². The second kappa shape index (κ2) is 14.3. The quantitative estimate of drug-likeness (QED) is 0.229. The molecule has 0 bridgehead atoms. The number of anilines is 4. The van der Waals surface area contributed by atoms with E-state index in [1.165, 1.54) is 0 Å². The zero-order chi connectivity index (χ0) is 25.6. The highest BCUT2D eigenvalue weighted by Crippen LogP contribution is 2.17. The molecule has 0 aliphatic heterocycles. The van der Waals surface area contributed by atoms with Crippen molar-refractivity contribution in [3.05, 3.63) is 84.4 Å². The average Bonchev–Trinajstić information content (AvgIpc) is 2.88. The molecule has 0 atom stereocenters. The molecule has 0 aliphatic carbocycles. The second-order valence-electron chi connectivity index (χ2n) is 8.60. The number of carbonyl (C=O) groups excluding carboxylic acids is 3. The predicted octanol–water partition coefficient (Wildman–Crippen LogP) is 5.83. The molecule has 3 rings (SSSR count). The maximum Gasteiger partial charge on any atom is 0.243 e. The third-order valence-corrected chi connectivity index (χ3v) is 5.54.